The molecule has 43 heteroatoms. The number of ether oxygens (including phenoxy) is 12. The Hall–Kier alpha value is -7.25. The average molecular weight is 1530 g/mol. The van der Waals surface area contributed by atoms with Gasteiger partial charge in [0.05, 0.1) is 207 Å². The fourth-order valence-corrected chi connectivity index (χ4v) is 9.42. The van der Waals surface area contributed by atoms with Crippen molar-refractivity contribution in [2.75, 3.05) is 221 Å². The maximum Gasteiger partial charge on any atom is 0.327 e. The number of sulfonamides is 2. The number of nitrogens with zero attached hydrogens (tertiary/aromatic N) is 2. The maximum atomic E-state index is 13.1. The number of benzene rings is 2. The molecule has 6 amide bonds. The summed E-state index contributed by atoms with van der Waals surface area (Å²) >= 11 is 3.80. The number of hydrogen-bond donors (Lipinski definition) is 13. The van der Waals surface area contributed by atoms with Crippen LogP contribution in [0.4, 0.5) is 11.4 Å². The molecule has 0 aliphatic heterocycles. The molecule has 0 saturated carbocycles. The van der Waals surface area contributed by atoms with Crippen LogP contribution in [0.3, 0.4) is 0 Å². The van der Waals surface area contributed by atoms with E-state index in [1.165, 1.54) is 58.3 Å². The van der Waals surface area contributed by atoms with Crippen LogP contribution in [0.2, 0.25) is 0 Å². The van der Waals surface area contributed by atoms with Crippen molar-refractivity contribution >= 4 is 103 Å². The van der Waals surface area contributed by atoms with Crippen LogP contribution in [0.1, 0.15) is 19.3 Å². The predicted molar refractivity (Wildman–Crippen MR) is 363 cm³/mol. The summed E-state index contributed by atoms with van der Waals surface area (Å²) in [5.41, 5.74) is 0.446. The largest absolute Gasteiger partial charge is 0.481 e. The van der Waals surface area contributed by atoms with Gasteiger partial charge >= 0.3 is 23.9 Å². The number of thiol groups is 1. The number of carboxylic acids is 4. The highest BCUT2D eigenvalue weighted by Gasteiger charge is 2.32. The highest BCUT2D eigenvalue weighted by molar-refractivity contribution is 7.89. The quantitative estimate of drug-likeness (QED) is 0.0219. The summed E-state index contributed by atoms with van der Waals surface area (Å²) in [6.07, 6.45) is -2.16. The first-order chi connectivity index (χ1) is 49.2. The Morgan fingerprint density at radius 1 is 0.379 bits per heavy atom. The van der Waals surface area contributed by atoms with Crippen LogP contribution < -0.4 is 42.2 Å². The summed E-state index contributed by atoms with van der Waals surface area (Å²) < 4.78 is 112. The first kappa shape index (κ1) is 91.8. The number of hydrogen-bond acceptors (Lipinski definition) is 29. The van der Waals surface area contributed by atoms with Crippen molar-refractivity contribution in [1.29, 1.82) is 0 Å². The molecular formula is C60H96N10O30S3. The molecule has 0 radical (unpaired) electrons. The molecule has 0 heterocycles. The molecule has 2 aromatic rings. The molecule has 0 fully saturated rings. The van der Waals surface area contributed by atoms with Gasteiger partial charge < -0.3 is 109 Å². The Labute approximate surface area is 600 Å². The van der Waals surface area contributed by atoms with Crippen LogP contribution in [0.25, 0.3) is 0 Å². The number of carbonyl (C=O) groups is 10. The maximum absolute atomic E-state index is 13.1. The third-order valence-electron chi connectivity index (χ3n) is 13.1. The van der Waals surface area contributed by atoms with Crippen LogP contribution in [-0.2, 0) is 125 Å². The molecule has 14 N–H and O–H groups in total. The minimum Gasteiger partial charge on any atom is -0.481 e. The fraction of sp³-hybridized carbons (Fsp3) is 0.633. The molecule has 40 nitrogen and oxygen atoms in total. The standard InChI is InChI=1S/C60H96N10O30S3/c61-102(85,86)46-5-1-44(2-6-46)64-53(73)40-69(11-12-70(42-57(79)80)41-54(74)65-45-3-7-47(8-4-45)103(62,87)88)39-52(72)63-10-14-90-16-18-92-20-22-94-24-26-96-28-30-98-32-34-100-36-35-99-33-31-97-29-27-95-25-23-93-21-19-91-17-15-89-13-9-51(71)66-48(37-55(75)76)58(81)67-49(38-56(77)78)59(82)68-50(43-101)60(83)84/h1-8,48-50,101H,9-43H2,(H,63,72)(H,64,73)(H,65,74)(H,66,71)(H,67,81)(H,68,82)(H,75,76)(H,77,78)(H,79,80)(H,83,84)(H2,61,85,86)(H2,62,87,88)/t48-,49-,50-/m0/s1. The Balaban J connectivity index is 1.42. The van der Waals surface area contributed by atoms with Crippen molar-refractivity contribution in [3.8, 4) is 0 Å². The molecule has 2 aromatic carbocycles. The van der Waals surface area contributed by atoms with Crippen LogP contribution in [0.5, 0.6) is 0 Å². The molecule has 2 rings (SSSR count). The lowest BCUT2D eigenvalue weighted by Gasteiger charge is -2.26. The summed E-state index contributed by atoms with van der Waals surface area (Å²) in [6.45, 7) is 5.10. The minimum absolute atomic E-state index is 0.0693. The second-order valence-electron chi connectivity index (χ2n) is 21.5. The number of nitrogens with two attached hydrogens (primary N) is 2. The molecule has 0 unspecified atom stereocenters. The molecule has 0 bridgehead atoms. The van der Waals surface area contributed by atoms with E-state index in [2.05, 4.69) is 39.2 Å². The minimum atomic E-state index is -3.99. The van der Waals surface area contributed by atoms with Gasteiger partial charge in [0.1, 0.15) is 18.1 Å². The summed E-state index contributed by atoms with van der Waals surface area (Å²) in [7, 11) is -7.98. The molecule has 0 aromatic heterocycles. The number of rotatable bonds is 65. The number of nitrogens with one attached hydrogen (secondary N) is 6. The molecule has 0 saturated heterocycles. The van der Waals surface area contributed by atoms with Crippen LogP contribution in [0, 0.1) is 0 Å². The number of amides is 6. The normalized spacial score (nSPS) is 12.5. The second-order valence-corrected chi connectivity index (χ2v) is 24.9. The van der Waals surface area contributed by atoms with Gasteiger partial charge in [-0.3, -0.25) is 53.0 Å². The van der Waals surface area contributed by atoms with E-state index in [9.17, 15) is 80.1 Å². The van der Waals surface area contributed by atoms with E-state index in [0.29, 0.717) is 106 Å². The second kappa shape index (κ2) is 55.3. The van der Waals surface area contributed by atoms with Crippen molar-refractivity contribution in [3.63, 3.8) is 0 Å². The molecule has 0 spiro atoms. The van der Waals surface area contributed by atoms with Crippen molar-refractivity contribution in [3.05, 3.63) is 48.5 Å². The summed E-state index contributed by atoms with van der Waals surface area (Å²) in [6, 6.07) is 5.04. The number of primary sulfonamides is 2. The highest BCUT2D eigenvalue weighted by Crippen LogP contribution is 2.15. The lowest BCUT2D eigenvalue weighted by Crippen LogP contribution is -2.57. The topological polar surface area (TPSA) is 561 Å². The summed E-state index contributed by atoms with van der Waals surface area (Å²) in [5.74, 6) is -11.0. The van der Waals surface area contributed by atoms with Gasteiger partial charge in [-0.2, -0.15) is 12.6 Å². The predicted octanol–water partition coefficient (Wildman–Crippen LogP) is -4.63. The van der Waals surface area contributed by atoms with Crippen LogP contribution >= 0.6 is 12.6 Å². The van der Waals surface area contributed by atoms with E-state index >= 15 is 0 Å². The number of anilines is 2. The van der Waals surface area contributed by atoms with Gasteiger partial charge in [0.25, 0.3) is 0 Å². The highest BCUT2D eigenvalue weighted by atomic mass is 32.2. The van der Waals surface area contributed by atoms with Crippen molar-refractivity contribution in [1.82, 2.24) is 31.1 Å². The first-order valence-corrected chi connectivity index (χ1v) is 35.8. The van der Waals surface area contributed by atoms with Crippen molar-refractivity contribution in [2.24, 2.45) is 10.3 Å². The van der Waals surface area contributed by atoms with Crippen molar-refractivity contribution < 1.29 is 142 Å². The lowest BCUT2D eigenvalue weighted by atomic mass is 10.1. The Morgan fingerprint density at radius 2 is 0.670 bits per heavy atom. The fourth-order valence-electron chi connectivity index (χ4n) is 8.14. The van der Waals surface area contributed by atoms with Gasteiger partial charge in [0, 0.05) is 43.2 Å². The molecular weight excluding hydrogens is 1440 g/mol. The van der Waals surface area contributed by atoms with Crippen LogP contribution in [-0.4, -0.2) is 335 Å². The third kappa shape index (κ3) is 48.4. The van der Waals surface area contributed by atoms with Gasteiger partial charge in [-0.05, 0) is 48.5 Å². The van der Waals surface area contributed by atoms with E-state index in [-0.39, 0.29) is 119 Å². The van der Waals surface area contributed by atoms with E-state index in [1.807, 2.05) is 5.32 Å². The Bertz CT molecular complexity index is 3080. The van der Waals surface area contributed by atoms with Gasteiger partial charge in [-0.25, -0.2) is 31.9 Å². The molecule has 0 aliphatic rings. The molecule has 0 aliphatic carbocycles. The van der Waals surface area contributed by atoms with E-state index in [1.54, 1.807) is 0 Å². The smallest absolute Gasteiger partial charge is 0.327 e. The molecule has 103 heavy (non-hydrogen) atoms. The summed E-state index contributed by atoms with van der Waals surface area (Å²) in [5, 5.41) is 61.5. The third-order valence-corrected chi connectivity index (χ3v) is 15.3. The zero-order chi connectivity index (χ0) is 76.1. The van der Waals surface area contributed by atoms with E-state index < -0.39 is 123 Å². The van der Waals surface area contributed by atoms with Gasteiger partial charge in [-0.15, -0.1) is 0 Å². The molecule has 584 valence electrons. The van der Waals surface area contributed by atoms with E-state index in [0.717, 1.165) is 0 Å². The SMILES string of the molecule is NS(=O)(=O)c1ccc(NC(=O)CN(CCN(CC(=O)NCCOCCOCCOCCOCCOCCOCCOCCOCCOCCOCCOCCOCCC(=O)N[C@@H](CC(=O)O)C(=O)N[C@@H](CC(=O)O)C(=O)N[C@@H](CS)C(=O)O)CC(=O)Nc2ccc(S(N)(=O)=O)cc2)CC(=O)O)cc1. The van der Waals surface area contributed by atoms with Crippen molar-refractivity contribution in [2.45, 2.75) is 47.2 Å². The lowest BCUT2D eigenvalue weighted by molar-refractivity contribution is -0.144. The number of carbonyl (C=O) groups excluding carboxylic acids is 6. The Morgan fingerprint density at radius 3 is 0.971 bits per heavy atom. The number of aliphatic carboxylic acids is 4. The zero-order valence-electron chi connectivity index (χ0n) is 56.8. The summed E-state index contributed by atoms with van der Waals surface area (Å²) in [4.78, 5) is 125. The zero-order valence-corrected chi connectivity index (χ0v) is 59.3. The Kier molecular flexibility index (Phi) is 49.3. The molecule has 3 atom stereocenters. The van der Waals surface area contributed by atoms with Crippen LogP contribution in [0.15, 0.2) is 58.3 Å². The van der Waals surface area contributed by atoms with Gasteiger partial charge in [-0.1, -0.05) is 0 Å². The average Bonchev–Trinajstić information content (AvgIpc) is 0.868. The van der Waals surface area contributed by atoms with E-state index in [4.69, 9.17) is 72.2 Å². The first-order valence-electron chi connectivity index (χ1n) is 32.1. The van der Waals surface area contributed by atoms with Gasteiger partial charge in [0.15, 0.2) is 0 Å². The number of carboxylic acid groups (broad SMARTS) is 4. The monoisotopic (exact) mass is 1530 g/mol. The van der Waals surface area contributed by atoms with Gasteiger partial charge in [0.2, 0.25) is 55.5 Å².